The molecule has 5 heterocycles. The lowest BCUT2D eigenvalue weighted by Gasteiger charge is -2.37. The van der Waals surface area contributed by atoms with E-state index < -0.39 is 0 Å². The van der Waals surface area contributed by atoms with Crippen LogP contribution in [0.25, 0.3) is 11.0 Å². The summed E-state index contributed by atoms with van der Waals surface area (Å²) in [5, 5.41) is 5.17. The molecule has 4 aromatic rings. The standard InChI is InChI=1S/C29H35ClN10OS/c1-29(31)9-12-39(13-10-29)22-16-34-23(17-33-22)42-21-8-11-32-25(24(21)30)36-28-35-15-18-14-20(27(41)38(2)3)40(26(18)37-28)19-6-4-5-7-19/h8,11,14-17,19H,4-7,9-10,12-13,31H2,1-3H3,(H,32,35,36,37). The maximum Gasteiger partial charge on any atom is 0.270 e. The van der Waals surface area contributed by atoms with Crippen molar-refractivity contribution in [2.75, 3.05) is 37.4 Å². The van der Waals surface area contributed by atoms with Gasteiger partial charge in [0.15, 0.2) is 5.82 Å². The summed E-state index contributed by atoms with van der Waals surface area (Å²) in [6, 6.07) is 3.96. The summed E-state index contributed by atoms with van der Waals surface area (Å²) in [5.41, 5.74) is 7.51. The van der Waals surface area contributed by atoms with Crippen molar-refractivity contribution in [2.45, 2.75) is 67.0 Å². The molecule has 0 bridgehead atoms. The van der Waals surface area contributed by atoms with E-state index in [1.807, 2.05) is 12.1 Å². The number of nitrogens with zero attached hydrogens (tertiary/aromatic N) is 8. The zero-order valence-corrected chi connectivity index (χ0v) is 25.6. The molecule has 1 aliphatic heterocycles. The Morgan fingerprint density at radius 2 is 1.88 bits per heavy atom. The quantitative estimate of drug-likeness (QED) is 0.286. The SMILES string of the molecule is CN(C)C(=O)c1cc2cnc(Nc3nccc(Sc4cnc(N5CCC(C)(N)CC5)cn4)c3Cl)nc2n1C1CCCC1. The van der Waals surface area contributed by atoms with Crippen molar-refractivity contribution in [3.63, 3.8) is 0 Å². The molecule has 2 fully saturated rings. The molecule has 220 valence electrons. The van der Waals surface area contributed by atoms with Crippen LogP contribution in [0.1, 0.15) is 62.0 Å². The van der Waals surface area contributed by atoms with Crippen LogP contribution in [0.2, 0.25) is 5.02 Å². The molecule has 3 N–H and O–H groups in total. The number of fused-ring (bicyclic) bond motifs is 1. The number of amides is 1. The second-order valence-electron chi connectivity index (χ2n) is 11.6. The molecule has 0 spiro atoms. The van der Waals surface area contributed by atoms with Gasteiger partial charge in [-0.05, 0) is 44.7 Å². The van der Waals surface area contributed by atoms with Gasteiger partial charge in [-0.15, -0.1) is 0 Å². The monoisotopic (exact) mass is 606 g/mol. The van der Waals surface area contributed by atoms with Crippen LogP contribution in [0, 0.1) is 0 Å². The van der Waals surface area contributed by atoms with E-state index in [4.69, 9.17) is 22.3 Å². The number of nitrogens with two attached hydrogens (primary N) is 1. The van der Waals surface area contributed by atoms with Crippen LogP contribution in [-0.4, -0.2) is 73.0 Å². The van der Waals surface area contributed by atoms with E-state index in [0.29, 0.717) is 22.5 Å². The fraction of sp³-hybridized carbons (Fsp3) is 0.448. The number of piperidine rings is 1. The Hall–Kier alpha value is -3.48. The smallest absolute Gasteiger partial charge is 0.270 e. The highest BCUT2D eigenvalue weighted by molar-refractivity contribution is 7.99. The lowest BCUT2D eigenvalue weighted by Crippen LogP contribution is -2.48. The van der Waals surface area contributed by atoms with Crippen LogP contribution in [0.5, 0.6) is 0 Å². The van der Waals surface area contributed by atoms with Crippen LogP contribution >= 0.6 is 23.4 Å². The lowest BCUT2D eigenvalue weighted by atomic mass is 9.91. The summed E-state index contributed by atoms with van der Waals surface area (Å²) in [6.07, 6.45) is 13.1. The number of rotatable bonds is 7. The number of carbonyl (C=O) groups excluding carboxylic acids is 1. The van der Waals surface area contributed by atoms with Gasteiger partial charge in [0, 0.05) is 61.4 Å². The Balaban J connectivity index is 1.22. The molecule has 1 saturated heterocycles. The Bertz CT molecular complexity index is 1590. The first kappa shape index (κ1) is 28.6. The number of nitrogens with one attached hydrogen (secondary N) is 1. The molecule has 0 atom stereocenters. The molecule has 1 saturated carbocycles. The molecule has 0 unspecified atom stereocenters. The molecular formula is C29H35ClN10OS. The molecule has 6 rings (SSSR count). The number of hydrogen-bond donors (Lipinski definition) is 2. The number of aromatic nitrogens is 6. The summed E-state index contributed by atoms with van der Waals surface area (Å²) >= 11 is 8.21. The highest BCUT2D eigenvalue weighted by atomic mass is 35.5. The highest BCUT2D eigenvalue weighted by Gasteiger charge is 2.28. The van der Waals surface area contributed by atoms with Crippen molar-refractivity contribution in [3.8, 4) is 0 Å². The summed E-state index contributed by atoms with van der Waals surface area (Å²) in [4.78, 5) is 40.6. The molecule has 11 nitrogen and oxygen atoms in total. The average Bonchev–Trinajstić information content (AvgIpc) is 3.63. The first-order valence-electron chi connectivity index (χ1n) is 14.2. The van der Waals surface area contributed by atoms with Gasteiger partial charge in [0.25, 0.3) is 5.91 Å². The van der Waals surface area contributed by atoms with Crippen LogP contribution in [0.3, 0.4) is 0 Å². The molecule has 1 amide bonds. The Morgan fingerprint density at radius 1 is 1.12 bits per heavy atom. The second kappa shape index (κ2) is 11.7. The van der Waals surface area contributed by atoms with Gasteiger partial charge in [-0.3, -0.25) is 4.79 Å². The third-order valence-corrected chi connectivity index (χ3v) is 9.51. The van der Waals surface area contributed by atoms with Gasteiger partial charge in [0.1, 0.15) is 22.2 Å². The van der Waals surface area contributed by atoms with E-state index in [2.05, 4.69) is 41.6 Å². The van der Waals surface area contributed by atoms with Gasteiger partial charge < -0.3 is 25.4 Å². The summed E-state index contributed by atoms with van der Waals surface area (Å²) in [5.74, 6) is 1.60. The van der Waals surface area contributed by atoms with E-state index >= 15 is 0 Å². The average molecular weight is 607 g/mol. The molecule has 2 aliphatic rings. The van der Waals surface area contributed by atoms with Crippen molar-refractivity contribution < 1.29 is 4.79 Å². The topological polar surface area (TPSA) is 131 Å². The Morgan fingerprint density at radius 3 is 2.57 bits per heavy atom. The number of carbonyl (C=O) groups is 1. The van der Waals surface area contributed by atoms with Crippen LogP contribution in [0.15, 0.2) is 46.8 Å². The third-order valence-electron chi connectivity index (χ3n) is 8.03. The Kier molecular flexibility index (Phi) is 7.95. The number of hydrogen-bond acceptors (Lipinski definition) is 10. The van der Waals surface area contributed by atoms with E-state index in [1.54, 1.807) is 43.8 Å². The van der Waals surface area contributed by atoms with E-state index in [-0.39, 0.29) is 17.5 Å². The maximum atomic E-state index is 13.0. The summed E-state index contributed by atoms with van der Waals surface area (Å²) < 4.78 is 2.08. The molecular weight excluding hydrogens is 572 g/mol. The molecule has 4 aromatic heterocycles. The minimum atomic E-state index is -0.116. The van der Waals surface area contributed by atoms with Gasteiger partial charge >= 0.3 is 0 Å². The molecule has 0 aromatic carbocycles. The van der Waals surface area contributed by atoms with Crippen LogP contribution in [-0.2, 0) is 0 Å². The summed E-state index contributed by atoms with van der Waals surface area (Å²) in [6.45, 7) is 3.83. The molecule has 1 aliphatic carbocycles. The first-order chi connectivity index (χ1) is 20.2. The van der Waals surface area contributed by atoms with Crippen LogP contribution < -0.4 is 16.0 Å². The van der Waals surface area contributed by atoms with Gasteiger partial charge in [-0.1, -0.05) is 36.2 Å². The highest BCUT2D eigenvalue weighted by Crippen LogP contribution is 2.38. The number of anilines is 3. The molecule has 13 heteroatoms. The van der Waals surface area contributed by atoms with Gasteiger partial charge in [-0.2, -0.15) is 4.98 Å². The van der Waals surface area contributed by atoms with E-state index in [1.165, 1.54) is 11.8 Å². The largest absolute Gasteiger partial charge is 0.355 e. The van der Waals surface area contributed by atoms with E-state index in [0.717, 1.165) is 78.4 Å². The van der Waals surface area contributed by atoms with E-state index in [9.17, 15) is 4.79 Å². The number of halogens is 1. The normalized spacial score (nSPS) is 17.1. The minimum Gasteiger partial charge on any atom is -0.355 e. The first-order valence-corrected chi connectivity index (χ1v) is 15.4. The van der Waals surface area contributed by atoms with Crippen molar-refractivity contribution in [1.82, 2.24) is 34.4 Å². The fourth-order valence-corrected chi connectivity index (χ4v) is 6.60. The van der Waals surface area contributed by atoms with Crippen molar-refractivity contribution in [2.24, 2.45) is 5.73 Å². The zero-order valence-electron chi connectivity index (χ0n) is 24.0. The molecule has 0 radical (unpaired) electrons. The van der Waals surface area contributed by atoms with Crippen molar-refractivity contribution in [1.29, 1.82) is 0 Å². The number of pyridine rings is 1. The summed E-state index contributed by atoms with van der Waals surface area (Å²) in [7, 11) is 3.53. The predicted molar refractivity (Wildman–Crippen MR) is 166 cm³/mol. The van der Waals surface area contributed by atoms with Crippen molar-refractivity contribution >= 4 is 57.9 Å². The molecule has 42 heavy (non-hydrogen) atoms. The lowest BCUT2D eigenvalue weighted by molar-refractivity contribution is 0.0815. The zero-order chi connectivity index (χ0) is 29.4. The van der Waals surface area contributed by atoms with Gasteiger partial charge in [0.2, 0.25) is 5.95 Å². The van der Waals surface area contributed by atoms with Gasteiger partial charge in [0.05, 0.1) is 17.4 Å². The fourth-order valence-electron chi connectivity index (χ4n) is 5.58. The van der Waals surface area contributed by atoms with Crippen LogP contribution in [0.4, 0.5) is 17.6 Å². The second-order valence-corrected chi connectivity index (χ2v) is 13.0. The predicted octanol–water partition coefficient (Wildman–Crippen LogP) is 5.30. The minimum absolute atomic E-state index is 0.0468. The Labute approximate surface area is 254 Å². The maximum absolute atomic E-state index is 13.0. The third kappa shape index (κ3) is 5.88. The van der Waals surface area contributed by atoms with Gasteiger partial charge in [-0.25, -0.2) is 19.9 Å². The van der Waals surface area contributed by atoms with Crippen molar-refractivity contribution in [3.05, 3.63) is 47.6 Å².